The first-order valence-corrected chi connectivity index (χ1v) is 9.06. The van der Waals surface area contributed by atoms with Crippen LogP contribution in [0.25, 0.3) is 0 Å². The summed E-state index contributed by atoms with van der Waals surface area (Å²) in [4.78, 5) is 26.3. The maximum atomic E-state index is 12.7. The van der Waals surface area contributed by atoms with Crippen LogP contribution in [0.15, 0.2) is 28.7 Å². The summed E-state index contributed by atoms with van der Waals surface area (Å²) < 4.78 is 6.06. The number of ether oxygens (including phenoxy) is 1. The molecule has 1 aromatic carbocycles. The molecule has 24 heavy (non-hydrogen) atoms. The smallest absolute Gasteiger partial charge is 0.407 e. The van der Waals surface area contributed by atoms with E-state index in [4.69, 9.17) is 4.74 Å². The van der Waals surface area contributed by atoms with Crippen LogP contribution in [0.2, 0.25) is 0 Å². The summed E-state index contributed by atoms with van der Waals surface area (Å²) in [6.07, 6.45) is 1.53. The monoisotopic (exact) mass is 396 g/mol. The molecule has 0 aliphatic carbocycles. The van der Waals surface area contributed by atoms with Gasteiger partial charge in [-0.05, 0) is 67.6 Å². The van der Waals surface area contributed by atoms with E-state index in [0.717, 1.165) is 23.9 Å². The molecule has 1 atom stereocenters. The van der Waals surface area contributed by atoms with Gasteiger partial charge in [0.1, 0.15) is 5.60 Å². The predicted molar refractivity (Wildman–Crippen MR) is 97.0 cm³/mol. The topological polar surface area (TPSA) is 58.6 Å². The lowest BCUT2D eigenvalue weighted by Crippen LogP contribution is -2.44. The van der Waals surface area contributed by atoms with E-state index in [1.807, 2.05) is 49.9 Å². The minimum atomic E-state index is -0.502. The molecule has 2 rings (SSSR count). The normalized spacial score (nSPS) is 18.2. The highest BCUT2D eigenvalue weighted by Gasteiger charge is 2.26. The molecule has 1 fully saturated rings. The Morgan fingerprint density at radius 3 is 2.71 bits per heavy atom. The summed E-state index contributed by atoms with van der Waals surface area (Å²) in [7, 11) is 0. The standard InChI is InChI=1S/C18H25BrN2O3/c1-18(2,3)24-17(23)20-11-13-7-6-10-21(12-13)16(22)14-8-4-5-9-15(14)19/h4-5,8-9,13H,6-7,10-12H2,1-3H3,(H,20,23). The van der Waals surface area contributed by atoms with Crippen LogP contribution in [0, 0.1) is 5.92 Å². The first-order valence-electron chi connectivity index (χ1n) is 8.27. The number of nitrogens with zero attached hydrogens (tertiary/aromatic N) is 1. The minimum Gasteiger partial charge on any atom is -0.444 e. The maximum Gasteiger partial charge on any atom is 0.407 e. The van der Waals surface area contributed by atoms with Gasteiger partial charge >= 0.3 is 6.09 Å². The summed E-state index contributed by atoms with van der Waals surface area (Å²) in [5, 5.41) is 2.81. The van der Waals surface area contributed by atoms with Gasteiger partial charge in [-0.2, -0.15) is 0 Å². The second kappa shape index (κ2) is 8.01. The molecule has 0 aromatic heterocycles. The molecule has 0 radical (unpaired) electrons. The van der Waals surface area contributed by atoms with Crippen molar-refractivity contribution in [2.24, 2.45) is 5.92 Å². The molecule has 0 saturated carbocycles. The quantitative estimate of drug-likeness (QED) is 0.844. The lowest BCUT2D eigenvalue weighted by molar-refractivity contribution is 0.0502. The average Bonchev–Trinajstić information content (AvgIpc) is 2.51. The van der Waals surface area contributed by atoms with Gasteiger partial charge in [0.15, 0.2) is 0 Å². The number of alkyl carbamates (subject to hydrolysis) is 1. The molecule has 1 aliphatic rings. The van der Waals surface area contributed by atoms with Gasteiger partial charge in [-0.1, -0.05) is 12.1 Å². The number of carbonyl (C=O) groups is 2. The Morgan fingerprint density at radius 2 is 2.04 bits per heavy atom. The first kappa shape index (κ1) is 18.8. The maximum absolute atomic E-state index is 12.7. The zero-order chi connectivity index (χ0) is 17.7. The van der Waals surface area contributed by atoms with Crippen molar-refractivity contribution in [2.75, 3.05) is 19.6 Å². The number of nitrogens with one attached hydrogen (secondary N) is 1. The van der Waals surface area contributed by atoms with Crippen LogP contribution in [0.4, 0.5) is 4.79 Å². The number of piperidine rings is 1. The molecule has 1 saturated heterocycles. The molecule has 1 unspecified atom stereocenters. The molecule has 1 heterocycles. The van der Waals surface area contributed by atoms with Crippen molar-refractivity contribution in [1.29, 1.82) is 0 Å². The summed E-state index contributed by atoms with van der Waals surface area (Å²) in [5.41, 5.74) is 0.177. The zero-order valence-corrected chi connectivity index (χ0v) is 16.1. The zero-order valence-electron chi connectivity index (χ0n) is 14.5. The van der Waals surface area contributed by atoms with Gasteiger partial charge in [-0.25, -0.2) is 4.79 Å². The fraction of sp³-hybridized carbons (Fsp3) is 0.556. The number of hydrogen-bond acceptors (Lipinski definition) is 3. The second-order valence-electron chi connectivity index (χ2n) is 7.12. The Hall–Kier alpha value is -1.56. The Kier molecular flexibility index (Phi) is 6.27. The summed E-state index contributed by atoms with van der Waals surface area (Å²) in [6, 6.07) is 7.46. The minimum absolute atomic E-state index is 0.0319. The number of halogens is 1. The van der Waals surface area contributed by atoms with Gasteiger partial charge in [0.2, 0.25) is 0 Å². The van der Waals surface area contributed by atoms with Crippen LogP contribution in [-0.4, -0.2) is 42.1 Å². The molecule has 0 spiro atoms. The van der Waals surface area contributed by atoms with Crippen molar-refractivity contribution in [3.63, 3.8) is 0 Å². The lowest BCUT2D eigenvalue weighted by Gasteiger charge is -2.33. The fourth-order valence-electron chi connectivity index (χ4n) is 2.76. The van der Waals surface area contributed by atoms with E-state index in [9.17, 15) is 9.59 Å². The number of rotatable bonds is 3. The van der Waals surface area contributed by atoms with Gasteiger partial charge in [-0.3, -0.25) is 4.79 Å². The molecular formula is C18H25BrN2O3. The molecule has 2 amide bonds. The highest BCUT2D eigenvalue weighted by Crippen LogP contribution is 2.22. The Labute approximate surface area is 151 Å². The van der Waals surface area contributed by atoms with Crippen molar-refractivity contribution in [3.05, 3.63) is 34.3 Å². The van der Waals surface area contributed by atoms with Crippen LogP contribution in [-0.2, 0) is 4.74 Å². The van der Waals surface area contributed by atoms with E-state index in [1.165, 1.54) is 0 Å². The number of hydrogen-bond donors (Lipinski definition) is 1. The van der Waals surface area contributed by atoms with Crippen molar-refractivity contribution in [1.82, 2.24) is 10.2 Å². The number of carbonyl (C=O) groups excluding carboxylic acids is 2. The average molecular weight is 397 g/mol. The molecule has 1 aliphatic heterocycles. The van der Waals surface area contributed by atoms with Crippen molar-refractivity contribution < 1.29 is 14.3 Å². The van der Waals surface area contributed by atoms with Gasteiger partial charge in [-0.15, -0.1) is 0 Å². The van der Waals surface area contributed by atoms with Crippen LogP contribution >= 0.6 is 15.9 Å². The molecule has 0 bridgehead atoms. The third kappa shape index (κ3) is 5.51. The van der Waals surface area contributed by atoms with Crippen LogP contribution in [0.3, 0.4) is 0 Å². The third-order valence-corrected chi connectivity index (χ3v) is 4.54. The summed E-state index contributed by atoms with van der Waals surface area (Å²) >= 11 is 3.44. The largest absolute Gasteiger partial charge is 0.444 e. The lowest BCUT2D eigenvalue weighted by atomic mass is 9.97. The predicted octanol–water partition coefficient (Wildman–Crippen LogP) is 3.83. The van der Waals surface area contributed by atoms with Crippen LogP contribution in [0.1, 0.15) is 44.0 Å². The molecule has 6 heteroatoms. The Balaban J connectivity index is 1.89. The third-order valence-electron chi connectivity index (χ3n) is 3.84. The molecular weight excluding hydrogens is 372 g/mol. The van der Waals surface area contributed by atoms with E-state index >= 15 is 0 Å². The number of amides is 2. The number of likely N-dealkylation sites (tertiary alicyclic amines) is 1. The highest BCUT2D eigenvalue weighted by atomic mass is 79.9. The molecule has 132 valence electrons. The Bertz CT molecular complexity index is 598. The first-order chi connectivity index (χ1) is 11.3. The van der Waals surface area contributed by atoms with Gasteiger partial charge in [0, 0.05) is 24.1 Å². The Morgan fingerprint density at radius 1 is 1.33 bits per heavy atom. The van der Waals surface area contributed by atoms with Gasteiger partial charge < -0.3 is 15.0 Å². The van der Waals surface area contributed by atoms with E-state index in [1.54, 1.807) is 0 Å². The second-order valence-corrected chi connectivity index (χ2v) is 7.98. The fourth-order valence-corrected chi connectivity index (χ4v) is 3.22. The van der Waals surface area contributed by atoms with Gasteiger partial charge in [0.25, 0.3) is 5.91 Å². The summed E-state index contributed by atoms with van der Waals surface area (Å²) in [5.74, 6) is 0.280. The van der Waals surface area contributed by atoms with Crippen molar-refractivity contribution >= 4 is 27.9 Å². The van der Waals surface area contributed by atoms with Gasteiger partial charge in [0.05, 0.1) is 5.56 Å². The van der Waals surface area contributed by atoms with Crippen molar-refractivity contribution in [2.45, 2.75) is 39.2 Å². The highest BCUT2D eigenvalue weighted by molar-refractivity contribution is 9.10. The van der Waals surface area contributed by atoms with E-state index in [0.29, 0.717) is 18.7 Å². The molecule has 5 nitrogen and oxygen atoms in total. The number of benzene rings is 1. The van der Waals surface area contributed by atoms with E-state index in [-0.39, 0.29) is 11.8 Å². The summed E-state index contributed by atoms with van der Waals surface area (Å²) in [6.45, 7) is 7.44. The SMILES string of the molecule is CC(C)(C)OC(=O)NCC1CCCN(C(=O)c2ccccc2Br)C1. The molecule has 1 aromatic rings. The van der Waals surface area contributed by atoms with Crippen LogP contribution < -0.4 is 5.32 Å². The van der Waals surface area contributed by atoms with Crippen molar-refractivity contribution in [3.8, 4) is 0 Å². The van der Waals surface area contributed by atoms with E-state index < -0.39 is 11.7 Å². The molecule has 1 N–H and O–H groups in total. The van der Waals surface area contributed by atoms with Crippen LogP contribution in [0.5, 0.6) is 0 Å². The van der Waals surface area contributed by atoms with E-state index in [2.05, 4.69) is 21.2 Å².